The van der Waals surface area contributed by atoms with E-state index >= 15 is 0 Å². The first-order valence-corrected chi connectivity index (χ1v) is 13.7. The van der Waals surface area contributed by atoms with Crippen LogP contribution in [0.2, 0.25) is 0 Å². The summed E-state index contributed by atoms with van der Waals surface area (Å²) in [6.45, 7) is 2.24. The van der Waals surface area contributed by atoms with Gasteiger partial charge in [-0.15, -0.1) is 0 Å². The zero-order chi connectivity index (χ0) is 28.6. The molecule has 0 atom stereocenters. The van der Waals surface area contributed by atoms with Crippen molar-refractivity contribution in [1.82, 2.24) is 4.90 Å². The van der Waals surface area contributed by atoms with E-state index in [2.05, 4.69) is 27.3 Å². The first-order valence-electron chi connectivity index (χ1n) is 12.1. The average molecular weight is 622 g/mol. The van der Waals surface area contributed by atoms with Gasteiger partial charge in [0.15, 0.2) is 11.5 Å². The maximum absolute atomic E-state index is 13.0. The van der Waals surface area contributed by atoms with Gasteiger partial charge in [0.05, 0.1) is 34.7 Å². The van der Waals surface area contributed by atoms with Crippen LogP contribution >= 0.6 is 27.7 Å². The van der Waals surface area contributed by atoms with E-state index in [0.29, 0.717) is 45.1 Å². The van der Waals surface area contributed by atoms with Crippen LogP contribution in [0.3, 0.4) is 0 Å². The van der Waals surface area contributed by atoms with Crippen molar-refractivity contribution in [2.24, 2.45) is 0 Å². The Morgan fingerprint density at radius 3 is 2.48 bits per heavy atom. The number of methoxy groups -OCH3 is 1. The largest absolute Gasteiger partial charge is 0.494 e. The molecule has 0 bridgehead atoms. The first kappa shape index (κ1) is 28.7. The molecule has 0 spiro atoms. The quantitative estimate of drug-likeness (QED) is 0.275. The van der Waals surface area contributed by atoms with Crippen molar-refractivity contribution in [1.29, 1.82) is 5.26 Å². The van der Waals surface area contributed by atoms with Gasteiger partial charge in [0, 0.05) is 5.69 Å². The molecule has 1 fully saturated rings. The molecule has 40 heavy (non-hydrogen) atoms. The summed E-state index contributed by atoms with van der Waals surface area (Å²) in [6.07, 6.45) is 1.56. The highest BCUT2D eigenvalue weighted by molar-refractivity contribution is 9.10. The number of nitrogens with one attached hydrogen (secondary N) is 1. The van der Waals surface area contributed by atoms with Crippen molar-refractivity contribution in [2.75, 3.05) is 25.6 Å². The number of carbonyl (C=O) groups is 3. The summed E-state index contributed by atoms with van der Waals surface area (Å²) in [5, 5.41) is 11.1. The third-order valence-electron chi connectivity index (χ3n) is 5.64. The van der Waals surface area contributed by atoms with Crippen LogP contribution in [0.1, 0.15) is 23.6 Å². The number of halogens is 1. The van der Waals surface area contributed by atoms with Gasteiger partial charge in [0.2, 0.25) is 5.91 Å². The van der Waals surface area contributed by atoms with Gasteiger partial charge in [-0.25, -0.2) is 0 Å². The van der Waals surface area contributed by atoms with Crippen LogP contribution in [0, 0.1) is 11.3 Å². The van der Waals surface area contributed by atoms with E-state index in [9.17, 15) is 14.4 Å². The Labute approximate surface area is 243 Å². The maximum atomic E-state index is 13.0. The van der Waals surface area contributed by atoms with Crippen molar-refractivity contribution in [3.8, 4) is 23.3 Å². The van der Waals surface area contributed by atoms with Gasteiger partial charge < -0.3 is 19.5 Å². The van der Waals surface area contributed by atoms with E-state index in [1.54, 1.807) is 54.6 Å². The summed E-state index contributed by atoms with van der Waals surface area (Å²) in [4.78, 5) is 39.1. The van der Waals surface area contributed by atoms with Gasteiger partial charge in [-0.3, -0.25) is 19.3 Å². The molecule has 204 valence electrons. The van der Waals surface area contributed by atoms with E-state index in [4.69, 9.17) is 19.5 Å². The summed E-state index contributed by atoms with van der Waals surface area (Å²) in [5.41, 5.74) is 2.55. The minimum absolute atomic E-state index is 0.180. The molecule has 1 N–H and O–H groups in total. The molecule has 1 saturated heterocycles. The molecule has 3 aromatic carbocycles. The number of carbonyl (C=O) groups excluding carboxylic acids is 3. The van der Waals surface area contributed by atoms with Crippen LogP contribution in [0.5, 0.6) is 17.2 Å². The Kier molecular flexibility index (Phi) is 9.47. The summed E-state index contributed by atoms with van der Waals surface area (Å²) in [7, 11) is 1.50. The first-order chi connectivity index (χ1) is 19.3. The molecule has 0 saturated carbocycles. The van der Waals surface area contributed by atoms with Crippen LogP contribution in [-0.4, -0.2) is 42.2 Å². The average Bonchev–Trinajstić information content (AvgIpc) is 3.20. The Balaban J connectivity index is 1.43. The molecule has 1 aliphatic heterocycles. The fraction of sp³-hybridized carbons (Fsp3) is 0.172. The Morgan fingerprint density at radius 1 is 1.10 bits per heavy atom. The highest BCUT2D eigenvalue weighted by atomic mass is 79.9. The minimum Gasteiger partial charge on any atom is -0.494 e. The second-order valence-electron chi connectivity index (χ2n) is 8.40. The van der Waals surface area contributed by atoms with E-state index in [1.165, 1.54) is 7.11 Å². The molecule has 1 aliphatic rings. The van der Waals surface area contributed by atoms with Crippen LogP contribution < -0.4 is 19.5 Å². The monoisotopic (exact) mass is 621 g/mol. The molecule has 9 nitrogen and oxygen atoms in total. The van der Waals surface area contributed by atoms with E-state index < -0.39 is 23.6 Å². The standard InChI is InChI=1S/C29H24BrN3O6S/c1-3-38-22-10-8-21(9-11-22)32-26(34)16-33-28(35)25(40-29(33)36)14-20-12-23(30)27(24(13-20)37-2)39-17-19-6-4-18(15-31)5-7-19/h4-14H,3,16-17H2,1-2H3,(H,32,34)/b25-14+. The van der Waals surface area contributed by atoms with Crippen molar-refractivity contribution < 1.29 is 28.6 Å². The summed E-state index contributed by atoms with van der Waals surface area (Å²) >= 11 is 4.25. The van der Waals surface area contributed by atoms with Gasteiger partial charge in [-0.05, 0) is 100 Å². The number of amides is 3. The molecule has 0 unspecified atom stereocenters. The molecule has 11 heteroatoms. The number of thioether (sulfide) groups is 1. The van der Waals surface area contributed by atoms with Gasteiger partial charge in [-0.1, -0.05) is 12.1 Å². The molecule has 3 aromatic rings. The lowest BCUT2D eigenvalue weighted by molar-refractivity contribution is -0.127. The number of benzene rings is 3. The van der Waals surface area contributed by atoms with E-state index in [0.717, 1.165) is 22.2 Å². The predicted molar refractivity (Wildman–Crippen MR) is 155 cm³/mol. The Morgan fingerprint density at radius 2 is 1.82 bits per heavy atom. The van der Waals surface area contributed by atoms with Gasteiger partial charge in [0.25, 0.3) is 11.1 Å². The van der Waals surface area contributed by atoms with Crippen LogP contribution in [-0.2, 0) is 16.2 Å². The molecular formula is C29H24BrN3O6S. The van der Waals surface area contributed by atoms with E-state index in [-0.39, 0.29) is 11.5 Å². The van der Waals surface area contributed by atoms with Crippen molar-refractivity contribution in [3.63, 3.8) is 0 Å². The number of imide groups is 1. The van der Waals surface area contributed by atoms with Crippen LogP contribution in [0.4, 0.5) is 10.5 Å². The predicted octanol–water partition coefficient (Wildman–Crippen LogP) is 5.98. The second kappa shape index (κ2) is 13.2. The molecule has 1 heterocycles. The molecule has 3 amide bonds. The molecule has 0 aromatic heterocycles. The minimum atomic E-state index is -0.562. The van der Waals surface area contributed by atoms with Crippen LogP contribution in [0.25, 0.3) is 6.08 Å². The lowest BCUT2D eigenvalue weighted by Crippen LogP contribution is -2.36. The SMILES string of the molecule is CCOc1ccc(NC(=O)CN2C(=O)S/C(=C/c3cc(Br)c(OCc4ccc(C#N)cc4)c(OC)c3)C2=O)cc1. The number of ether oxygens (including phenoxy) is 3. The highest BCUT2D eigenvalue weighted by Crippen LogP contribution is 2.39. The van der Waals surface area contributed by atoms with Gasteiger partial charge >= 0.3 is 0 Å². The van der Waals surface area contributed by atoms with Crippen molar-refractivity contribution >= 4 is 56.5 Å². The topological polar surface area (TPSA) is 118 Å². The number of rotatable bonds is 10. The fourth-order valence-corrected chi connectivity index (χ4v) is 5.14. The third kappa shape index (κ3) is 7.02. The lowest BCUT2D eigenvalue weighted by atomic mass is 10.1. The number of hydrogen-bond donors (Lipinski definition) is 1. The number of nitriles is 1. The molecular weight excluding hydrogens is 598 g/mol. The number of hydrogen-bond acceptors (Lipinski definition) is 8. The Bertz CT molecular complexity index is 1500. The lowest BCUT2D eigenvalue weighted by Gasteiger charge is -2.14. The van der Waals surface area contributed by atoms with Crippen molar-refractivity contribution in [2.45, 2.75) is 13.5 Å². The molecule has 4 rings (SSSR count). The normalized spacial score (nSPS) is 13.8. The third-order valence-corrected chi connectivity index (χ3v) is 7.14. The maximum Gasteiger partial charge on any atom is 0.294 e. The molecule has 0 radical (unpaired) electrons. The van der Waals surface area contributed by atoms with Gasteiger partial charge in [-0.2, -0.15) is 5.26 Å². The highest BCUT2D eigenvalue weighted by Gasteiger charge is 2.36. The number of nitrogens with zero attached hydrogens (tertiary/aromatic N) is 2. The van der Waals surface area contributed by atoms with E-state index in [1.807, 2.05) is 19.1 Å². The smallest absolute Gasteiger partial charge is 0.294 e. The zero-order valence-corrected chi connectivity index (χ0v) is 24.0. The summed E-state index contributed by atoms with van der Waals surface area (Å²) in [6, 6.07) is 19.3. The van der Waals surface area contributed by atoms with Gasteiger partial charge in [0.1, 0.15) is 18.9 Å². The van der Waals surface area contributed by atoms with Crippen LogP contribution in [0.15, 0.2) is 70.0 Å². The summed E-state index contributed by atoms with van der Waals surface area (Å²) in [5.74, 6) is 0.492. The Hall–Kier alpha value is -4.27. The molecule has 0 aliphatic carbocycles. The zero-order valence-electron chi connectivity index (χ0n) is 21.6. The fourth-order valence-electron chi connectivity index (χ4n) is 3.73. The number of anilines is 1. The van der Waals surface area contributed by atoms with Crippen molar-refractivity contribution in [3.05, 3.63) is 86.7 Å². The summed E-state index contributed by atoms with van der Waals surface area (Å²) < 4.78 is 17.4. The second-order valence-corrected chi connectivity index (χ2v) is 10.3.